The summed E-state index contributed by atoms with van der Waals surface area (Å²) in [5.74, 6) is 1.04. The molecule has 0 aromatic rings. The molecule has 5 heteroatoms. The third-order valence-corrected chi connectivity index (χ3v) is 0.745. The lowest BCUT2D eigenvalue weighted by Crippen LogP contribution is -1.90. The van der Waals surface area contributed by atoms with Crippen molar-refractivity contribution < 1.29 is 15.1 Å². The largest absolute Gasteiger partial charge is 0.412 e. The molecule has 10 heavy (non-hydrogen) atoms. The summed E-state index contributed by atoms with van der Waals surface area (Å²) in [6.45, 7) is 0. The molecule has 1 heterocycles. The quantitative estimate of drug-likeness (QED) is 0.421. The average Bonchev–Trinajstić information content (AvgIpc) is 1.90. The van der Waals surface area contributed by atoms with Crippen LogP contribution in [0.1, 0.15) is 0 Å². The van der Waals surface area contributed by atoms with E-state index >= 15 is 0 Å². The fourth-order valence-corrected chi connectivity index (χ4v) is 0.374. The van der Waals surface area contributed by atoms with Gasteiger partial charge in [-0.05, 0) is 6.08 Å². The number of rotatable bonds is 0. The van der Waals surface area contributed by atoms with Crippen LogP contribution in [0.5, 0.6) is 0 Å². The molecule has 0 aliphatic carbocycles. The lowest BCUT2D eigenvalue weighted by molar-refractivity contribution is -0.114. The maximum Gasteiger partial charge on any atom is 0.288 e. The van der Waals surface area contributed by atoms with E-state index in [4.69, 9.17) is 0 Å². The highest BCUT2D eigenvalue weighted by molar-refractivity contribution is 5.90. The van der Waals surface area contributed by atoms with Crippen LogP contribution in [0.25, 0.3) is 0 Å². The summed E-state index contributed by atoms with van der Waals surface area (Å²) in [6, 6.07) is 0. The Balaban J connectivity index is 0.000000810. The SMILES string of the molecule is O.O=C=C1C=CC(=O)N=N1. The van der Waals surface area contributed by atoms with Crippen LogP contribution in [-0.4, -0.2) is 17.3 Å². The van der Waals surface area contributed by atoms with Crippen LogP contribution in [0.15, 0.2) is 28.1 Å². The predicted molar refractivity (Wildman–Crippen MR) is 31.8 cm³/mol. The highest BCUT2D eigenvalue weighted by Crippen LogP contribution is 2.01. The minimum Gasteiger partial charge on any atom is -0.412 e. The second kappa shape index (κ2) is 3.45. The molecule has 2 N–H and O–H groups in total. The first kappa shape index (κ1) is 8.42. The second-order valence-electron chi connectivity index (χ2n) is 1.36. The summed E-state index contributed by atoms with van der Waals surface area (Å²) < 4.78 is 0. The number of allylic oxidation sites excluding steroid dienone is 1. The van der Waals surface area contributed by atoms with Crippen molar-refractivity contribution in [2.75, 3.05) is 0 Å². The molecule has 1 aliphatic rings. The van der Waals surface area contributed by atoms with Crippen molar-refractivity contribution in [2.24, 2.45) is 10.2 Å². The fraction of sp³-hybridized carbons (Fsp3) is 0. The molecule has 0 spiro atoms. The van der Waals surface area contributed by atoms with Crippen LogP contribution in [0.3, 0.4) is 0 Å². The Hall–Kier alpha value is -1.58. The molecule has 5 nitrogen and oxygen atoms in total. The number of hydrogen-bond donors (Lipinski definition) is 0. The highest BCUT2D eigenvalue weighted by atomic mass is 16.1. The van der Waals surface area contributed by atoms with Crippen LogP contribution in [0, 0.1) is 0 Å². The molecule has 1 aliphatic heterocycles. The Bertz CT molecular complexity index is 230. The predicted octanol–water partition coefficient (Wildman–Crippen LogP) is -0.574. The molecule has 0 radical (unpaired) electrons. The third kappa shape index (κ3) is 1.74. The van der Waals surface area contributed by atoms with E-state index < -0.39 is 5.91 Å². The minimum absolute atomic E-state index is 0. The van der Waals surface area contributed by atoms with E-state index in [0.717, 1.165) is 6.08 Å². The number of carbonyl (C=O) groups excluding carboxylic acids is 2. The van der Waals surface area contributed by atoms with Gasteiger partial charge in [0.15, 0.2) is 11.6 Å². The standard InChI is InChI=1S/C5H2N2O2.H2O/c8-3-4-1-2-5(9)7-6-4;/h1-2H;1H2. The van der Waals surface area contributed by atoms with E-state index in [1.54, 1.807) is 0 Å². The normalized spacial score (nSPS) is 14.4. The van der Waals surface area contributed by atoms with E-state index in [0.29, 0.717) is 0 Å². The second-order valence-corrected chi connectivity index (χ2v) is 1.36. The summed E-state index contributed by atoms with van der Waals surface area (Å²) >= 11 is 0. The summed E-state index contributed by atoms with van der Waals surface area (Å²) in [4.78, 5) is 20.0. The van der Waals surface area contributed by atoms with Crippen LogP contribution >= 0.6 is 0 Å². The van der Waals surface area contributed by atoms with Crippen LogP contribution in [-0.2, 0) is 9.59 Å². The first-order valence-electron chi connectivity index (χ1n) is 2.22. The van der Waals surface area contributed by atoms with Gasteiger partial charge in [0, 0.05) is 6.08 Å². The van der Waals surface area contributed by atoms with E-state index in [1.165, 1.54) is 12.0 Å². The van der Waals surface area contributed by atoms with Gasteiger partial charge in [0.1, 0.15) is 0 Å². The third-order valence-electron chi connectivity index (χ3n) is 0.745. The number of nitrogens with zero attached hydrogens (tertiary/aromatic N) is 2. The van der Waals surface area contributed by atoms with Crippen LogP contribution in [0.4, 0.5) is 0 Å². The smallest absolute Gasteiger partial charge is 0.288 e. The van der Waals surface area contributed by atoms with E-state index in [9.17, 15) is 9.59 Å². The van der Waals surface area contributed by atoms with Crippen molar-refractivity contribution in [3.05, 3.63) is 17.8 Å². The molecule has 0 saturated carbocycles. The van der Waals surface area contributed by atoms with E-state index in [-0.39, 0.29) is 11.2 Å². The molecule has 0 bridgehead atoms. The number of hydrogen-bond acceptors (Lipinski definition) is 3. The van der Waals surface area contributed by atoms with Gasteiger partial charge < -0.3 is 5.48 Å². The number of azo groups is 1. The zero-order valence-corrected chi connectivity index (χ0v) is 4.87. The summed E-state index contributed by atoms with van der Waals surface area (Å²) in [7, 11) is 0. The van der Waals surface area contributed by atoms with Crippen LogP contribution in [0.2, 0.25) is 0 Å². The molecule has 0 unspecified atom stereocenters. The first-order valence-corrected chi connectivity index (χ1v) is 2.22. The van der Waals surface area contributed by atoms with Gasteiger partial charge in [0.2, 0.25) is 0 Å². The molecule has 0 fully saturated rings. The molecule has 0 atom stereocenters. The van der Waals surface area contributed by atoms with Crippen molar-refractivity contribution in [2.45, 2.75) is 0 Å². The average molecular weight is 140 g/mol. The van der Waals surface area contributed by atoms with Gasteiger partial charge in [-0.1, -0.05) is 0 Å². The zero-order chi connectivity index (χ0) is 6.69. The number of amides is 1. The fourth-order valence-electron chi connectivity index (χ4n) is 0.374. The molecule has 1 rings (SSSR count). The highest BCUT2D eigenvalue weighted by Gasteiger charge is 1.99. The van der Waals surface area contributed by atoms with E-state index in [1.807, 2.05) is 0 Å². The molecular weight excluding hydrogens is 136 g/mol. The van der Waals surface area contributed by atoms with Gasteiger partial charge in [0.05, 0.1) is 0 Å². The minimum atomic E-state index is -0.450. The summed E-state index contributed by atoms with van der Waals surface area (Å²) in [5, 5.41) is 6.29. The van der Waals surface area contributed by atoms with Gasteiger partial charge in [-0.25, -0.2) is 4.79 Å². The van der Waals surface area contributed by atoms with Crippen molar-refractivity contribution in [1.82, 2.24) is 0 Å². The molecule has 0 aromatic carbocycles. The topological polar surface area (TPSA) is 90.4 Å². The Labute approximate surface area is 56.1 Å². The van der Waals surface area contributed by atoms with Gasteiger partial charge in [0.25, 0.3) is 5.91 Å². The Morgan fingerprint density at radius 2 is 2.00 bits per heavy atom. The maximum atomic E-state index is 10.2. The molecule has 52 valence electrons. The summed E-state index contributed by atoms with van der Waals surface area (Å²) in [5.41, 5.74) is 0.0506. The van der Waals surface area contributed by atoms with E-state index in [2.05, 4.69) is 10.2 Å². The number of carbonyl (C=O) groups is 1. The van der Waals surface area contributed by atoms with Crippen molar-refractivity contribution in [3.63, 3.8) is 0 Å². The molecule has 1 amide bonds. The van der Waals surface area contributed by atoms with Gasteiger partial charge >= 0.3 is 0 Å². The first-order chi connectivity index (χ1) is 4.33. The lowest BCUT2D eigenvalue weighted by Gasteiger charge is -1.88. The zero-order valence-electron chi connectivity index (χ0n) is 4.87. The summed E-state index contributed by atoms with van der Waals surface area (Å²) in [6.07, 6.45) is 2.43. The monoisotopic (exact) mass is 140 g/mol. The molecular formula is C5H4N2O3. The molecule has 0 aromatic heterocycles. The Morgan fingerprint density at radius 3 is 2.40 bits per heavy atom. The van der Waals surface area contributed by atoms with Crippen LogP contribution < -0.4 is 0 Å². The van der Waals surface area contributed by atoms with Crippen molar-refractivity contribution in [3.8, 4) is 0 Å². The van der Waals surface area contributed by atoms with Crippen molar-refractivity contribution >= 4 is 11.8 Å². The van der Waals surface area contributed by atoms with Crippen molar-refractivity contribution in [1.29, 1.82) is 0 Å². The van der Waals surface area contributed by atoms with Gasteiger partial charge in [-0.2, -0.15) is 0 Å². The lowest BCUT2D eigenvalue weighted by atomic mass is 10.4. The van der Waals surface area contributed by atoms with Gasteiger partial charge in [-0.3, -0.25) is 4.79 Å². The molecule has 0 saturated heterocycles. The Kier molecular flexibility index (Phi) is 2.90. The maximum absolute atomic E-state index is 10.2. The van der Waals surface area contributed by atoms with Gasteiger partial charge in [-0.15, -0.1) is 10.2 Å². The Morgan fingerprint density at radius 1 is 1.30 bits per heavy atom.